The van der Waals surface area contributed by atoms with Gasteiger partial charge in [0.05, 0.1) is 6.04 Å². The first kappa shape index (κ1) is 14.5. The van der Waals surface area contributed by atoms with E-state index in [0.29, 0.717) is 19.5 Å². The molecule has 2 fully saturated rings. The molecule has 0 aliphatic carbocycles. The number of rotatable bonds is 2. The van der Waals surface area contributed by atoms with Gasteiger partial charge in [-0.3, -0.25) is 9.69 Å². The Balaban J connectivity index is 1.91. The van der Waals surface area contributed by atoms with Gasteiger partial charge in [0, 0.05) is 20.0 Å². The lowest BCUT2D eigenvalue weighted by atomic mass is 9.79. The van der Waals surface area contributed by atoms with E-state index in [2.05, 4.69) is 4.90 Å². The molecular formula is C17H24N2O2. The van der Waals surface area contributed by atoms with E-state index in [0.717, 1.165) is 18.7 Å². The molecule has 1 N–H and O–H groups in total. The predicted octanol–water partition coefficient (Wildman–Crippen LogP) is 1.59. The lowest BCUT2D eigenvalue weighted by molar-refractivity contribution is -0.140. The van der Waals surface area contributed by atoms with Crippen LogP contribution in [0.4, 0.5) is 0 Å². The fraction of sp³-hybridized carbons (Fsp3) is 0.588. The molecule has 1 amide bonds. The predicted molar refractivity (Wildman–Crippen MR) is 81.8 cm³/mol. The number of likely N-dealkylation sites (tertiary alicyclic amines) is 2. The van der Waals surface area contributed by atoms with Gasteiger partial charge < -0.3 is 10.0 Å². The van der Waals surface area contributed by atoms with Crippen LogP contribution < -0.4 is 0 Å². The lowest BCUT2D eigenvalue weighted by Crippen LogP contribution is -2.60. The van der Waals surface area contributed by atoms with Crippen LogP contribution in [0.15, 0.2) is 30.3 Å². The molecule has 21 heavy (non-hydrogen) atoms. The van der Waals surface area contributed by atoms with Crippen molar-refractivity contribution in [1.29, 1.82) is 0 Å². The van der Waals surface area contributed by atoms with Crippen LogP contribution in [0.5, 0.6) is 0 Å². The number of nitrogens with zero attached hydrogens (tertiary/aromatic N) is 2. The molecule has 2 aliphatic heterocycles. The molecule has 3 rings (SSSR count). The molecule has 0 saturated carbocycles. The second-order valence-electron chi connectivity index (χ2n) is 6.26. The van der Waals surface area contributed by atoms with E-state index in [1.165, 1.54) is 12.8 Å². The van der Waals surface area contributed by atoms with Gasteiger partial charge >= 0.3 is 0 Å². The summed E-state index contributed by atoms with van der Waals surface area (Å²) < 4.78 is 0. The van der Waals surface area contributed by atoms with E-state index < -0.39 is 5.60 Å². The summed E-state index contributed by atoms with van der Waals surface area (Å²) in [6.45, 7) is 4.91. The Labute approximate surface area is 126 Å². The molecule has 1 aromatic rings. The first-order chi connectivity index (χ1) is 10.1. The number of aliphatic hydroxyl groups is 1. The molecule has 0 unspecified atom stereocenters. The molecule has 2 saturated heterocycles. The minimum absolute atomic E-state index is 0.0000463. The van der Waals surface area contributed by atoms with E-state index >= 15 is 0 Å². The summed E-state index contributed by atoms with van der Waals surface area (Å²) in [4.78, 5) is 16.0. The van der Waals surface area contributed by atoms with Crippen molar-refractivity contribution >= 4 is 5.91 Å². The van der Waals surface area contributed by atoms with Gasteiger partial charge in [0.2, 0.25) is 5.91 Å². The van der Waals surface area contributed by atoms with Gasteiger partial charge in [0.1, 0.15) is 5.60 Å². The topological polar surface area (TPSA) is 43.8 Å². The van der Waals surface area contributed by atoms with Gasteiger partial charge in [0.25, 0.3) is 0 Å². The van der Waals surface area contributed by atoms with Gasteiger partial charge in [-0.2, -0.15) is 0 Å². The Morgan fingerprint density at radius 3 is 2.48 bits per heavy atom. The number of hydrogen-bond acceptors (Lipinski definition) is 3. The summed E-state index contributed by atoms with van der Waals surface area (Å²) in [5, 5.41) is 11.4. The fourth-order valence-electron chi connectivity index (χ4n) is 3.74. The van der Waals surface area contributed by atoms with E-state index in [-0.39, 0.29) is 11.9 Å². The minimum atomic E-state index is -0.850. The number of carbonyl (C=O) groups is 1. The van der Waals surface area contributed by atoms with Crippen molar-refractivity contribution in [1.82, 2.24) is 9.80 Å². The molecule has 1 aromatic carbocycles. The van der Waals surface area contributed by atoms with Crippen LogP contribution in [-0.2, 0) is 10.4 Å². The summed E-state index contributed by atoms with van der Waals surface area (Å²) >= 11 is 0. The number of amides is 1. The highest BCUT2D eigenvalue weighted by molar-refractivity contribution is 5.73. The number of hydrogen-bond donors (Lipinski definition) is 1. The molecule has 0 spiro atoms. The Bertz CT molecular complexity index is 499. The molecule has 0 radical (unpaired) electrons. The fourth-order valence-corrected chi connectivity index (χ4v) is 3.74. The smallest absolute Gasteiger partial charge is 0.219 e. The molecule has 2 heterocycles. The van der Waals surface area contributed by atoms with Crippen molar-refractivity contribution in [3.8, 4) is 0 Å². The lowest BCUT2D eigenvalue weighted by Gasteiger charge is -2.48. The van der Waals surface area contributed by atoms with Crippen LogP contribution in [0.1, 0.15) is 31.7 Å². The Morgan fingerprint density at radius 2 is 1.86 bits per heavy atom. The highest BCUT2D eigenvalue weighted by atomic mass is 16.3. The van der Waals surface area contributed by atoms with E-state index in [1.807, 2.05) is 35.2 Å². The molecule has 4 heteroatoms. The Kier molecular flexibility index (Phi) is 4.00. The zero-order chi connectivity index (χ0) is 14.9. The monoisotopic (exact) mass is 288 g/mol. The normalized spacial score (nSPS) is 30.6. The SMILES string of the molecule is CC(=O)N1CC[C@](O)(c2ccccc2)[C@H](N2CCCC2)C1. The van der Waals surface area contributed by atoms with Gasteiger partial charge in [-0.15, -0.1) is 0 Å². The van der Waals surface area contributed by atoms with E-state index in [1.54, 1.807) is 6.92 Å². The number of carbonyl (C=O) groups excluding carboxylic acids is 1. The second kappa shape index (κ2) is 5.78. The van der Waals surface area contributed by atoms with Crippen LogP contribution in [0, 0.1) is 0 Å². The average molecular weight is 288 g/mol. The molecule has 4 nitrogen and oxygen atoms in total. The van der Waals surface area contributed by atoms with E-state index in [4.69, 9.17) is 0 Å². The molecule has 2 atom stereocenters. The number of benzene rings is 1. The summed E-state index contributed by atoms with van der Waals surface area (Å²) in [7, 11) is 0. The molecule has 114 valence electrons. The first-order valence-electron chi connectivity index (χ1n) is 7.89. The van der Waals surface area contributed by atoms with Crippen LogP contribution >= 0.6 is 0 Å². The number of piperidine rings is 1. The van der Waals surface area contributed by atoms with Gasteiger partial charge in [-0.05, 0) is 37.9 Å². The summed E-state index contributed by atoms with van der Waals surface area (Å²) in [6, 6.07) is 9.94. The van der Waals surface area contributed by atoms with Crippen molar-refractivity contribution in [2.75, 3.05) is 26.2 Å². The highest BCUT2D eigenvalue weighted by Crippen LogP contribution is 2.37. The zero-order valence-electron chi connectivity index (χ0n) is 12.7. The molecule has 0 bridgehead atoms. The third-order valence-corrected chi connectivity index (χ3v) is 5.01. The van der Waals surface area contributed by atoms with Gasteiger partial charge in [-0.1, -0.05) is 30.3 Å². The van der Waals surface area contributed by atoms with Crippen molar-refractivity contribution in [2.45, 2.75) is 37.8 Å². The standard InChI is InChI=1S/C17H24N2O2/c1-14(20)19-12-9-17(21,15-7-3-2-4-8-15)16(13-19)18-10-5-6-11-18/h2-4,7-8,16,21H,5-6,9-13H2,1H3/t16-,17+/m1/s1. The van der Waals surface area contributed by atoms with E-state index in [9.17, 15) is 9.90 Å². The van der Waals surface area contributed by atoms with Crippen molar-refractivity contribution in [3.05, 3.63) is 35.9 Å². The third kappa shape index (κ3) is 2.70. The van der Waals surface area contributed by atoms with Gasteiger partial charge in [-0.25, -0.2) is 0 Å². The summed E-state index contributed by atoms with van der Waals surface area (Å²) in [5.74, 6) is 0.106. The summed E-state index contributed by atoms with van der Waals surface area (Å²) in [6.07, 6.45) is 2.97. The summed E-state index contributed by atoms with van der Waals surface area (Å²) in [5.41, 5.74) is 0.127. The maximum Gasteiger partial charge on any atom is 0.219 e. The average Bonchev–Trinajstić information content (AvgIpc) is 3.02. The zero-order valence-corrected chi connectivity index (χ0v) is 12.7. The van der Waals surface area contributed by atoms with Crippen LogP contribution in [-0.4, -0.2) is 53.0 Å². The maximum absolute atomic E-state index is 11.7. The Hall–Kier alpha value is -1.39. The largest absolute Gasteiger partial charge is 0.383 e. The minimum Gasteiger partial charge on any atom is -0.383 e. The van der Waals surface area contributed by atoms with Crippen molar-refractivity contribution in [2.24, 2.45) is 0 Å². The van der Waals surface area contributed by atoms with Crippen LogP contribution in [0.3, 0.4) is 0 Å². The molecule has 0 aromatic heterocycles. The van der Waals surface area contributed by atoms with Crippen LogP contribution in [0.2, 0.25) is 0 Å². The second-order valence-corrected chi connectivity index (χ2v) is 6.26. The maximum atomic E-state index is 11.7. The van der Waals surface area contributed by atoms with Crippen LogP contribution in [0.25, 0.3) is 0 Å². The third-order valence-electron chi connectivity index (χ3n) is 5.01. The van der Waals surface area contributed by atoms with Gasteiger partial charge in [0.15, 0.2) is 0 Å². The quantitative estimate of drug-likeness (QED) is 0.899. The van der Waals surface area contributed by atoms with Crippen molar-refractivity contribution < 1.29 is 9.90 Å². The Morgan fingerprint density at radius 1 is 1.19 bits per heavy atom. The molecular weight excluding hydrogens is 264 g/mol. The first-order valence-corrected chi connectivity index (χ1v) is 7.89. The van der Waals surface area contributed by atoms with Crippen molar-refractivity contribution in [3.63, 3.8) is 0 Å². The highest BCUT2D eigenvalue weighted by Gasteiger charge is 2.46. The molecule has 2 aliphatic rings.